The molecule has 0 heterocycles. The first-order valence-electron chi connectivity index (χ1n) is 25.6. The van der Waals surface area contributed by atoms with Crippen molar-refractivity contribution in [3.63, 3.8) is 0 Å². The molecular weight excluding hydrogens is 719 g/mol. The summed E-state index contributed by atoms with van der Waals surface area (Å²) in [7, 11) is 0. The lowest BCUT2D eigenvalue weighted by molar-refractivity contribution is -0.143. The van der Waals surface area contributed by atoms with E-state index in [4.69, 9.17) is 4.74 Å². The first-order valence-corrected chi connectivity index (χ1v) is 25.6. The van der Waals surface area contributed by atoms with E-state index in [1.54, 1.807) is 0 Å². The van der Waals surface area contributed by atoms with Crippen molar-refractivity contribution in [2.75, 3.05) is 13.2 Å². The number of ether oxygens (including phenoxy) is 1. The average molecular weight is 818 g/mol. The molecule has 0 saturated carbocycles. The van der Waals surface area contributed by atoms with Gasteiger partial charge in [-0.2, -0.15) is 0 Å². The third-order valence-electron chi connectivity index (χ3n) is 11.7. The molecular formula is C52H99NO5. The zero-order valence-electron chi connectivity index (χ0n) is 38.8. The molecule has 3 N–H and O–H groups in total. The molecule has 0 saturated heterocycles. The number of unbranched alkanes of at least 4 members (excludes halogenated alkanes) is 32. The Morgan fingerprint density at radius 2 is 0.810 bits per heavy atom. The van der Waals surface area contributed by atoms with Crippen LogP contribution in [-0.2, 0) is 14.3 Å². The van der Waals surface area contributed by atoms with E-state index in [1.807, 2.05) is 0 Å². The molecule has 58 heavy (non-hydrogen) atoms. The highest BCUT2D eigenvalue weighted by atomic mass is 16.5. The molecule has 342 valence electrons. The smallest absolute Gasteiger partial charge is 0.305 e. The van der Waals surface area contributed by atoms with Crippen LogP contribution in [0.25, 0.3) is 0 Å². The highest BCUT2D eigenvalue weighted by Crippen LogP contribution is 2.15. The van der Waals surface area contributed by atoms with Crippen LogP contribution >= 0.6 is 0 Å². The number of allylic oxidation sites excluding steroid dienone is 4. The van der Waals surface area contributed by atoms with Crippen LogP contribution in [0.2, 0.25) is 0 Å². The van der Waals surface area contributed by atoms with Gasteiger partial charge in [-0.1, -0.05) is 205 Å². The van der Waals surface area contributed by atoms with E-state index >= 15 is 0 Å². The Labute approximate surface area is 361 Å². The number of nitrogens with one attached hydrogen (secondary N) is 1. The molecule has 6 nitrogen and oxygen atoms in total. The highest BCUT2D eigenvalue weighted by molar-refractivity contribution is 5.76. The van der Waals surface area contributed by atoms with E-state index in [2.05, 4.69) is 43.5 Å². The van der Waals surface area contributed by atoms with Gasteiger partial charge in [-0.25, -0.2) is 0 Å². The number of hydrogen-bond acceptors (Lipinski definition) is 5. The molecule has 0 aliphatic carbocycles. The summed E-state index contributed by atoms with van der Waals surface area (Å²) in [4.78, 5) is 24.4. The molecule has 0 radical (unpaired) electrons. The molecule has 2 unspecified atom stereocenters. The van der Waals surface area contributed by atoms with Gasteiger partial charge in [-0.15, -0.1) is 0 Å². The molecule has 0 aromatic rings. The minimum absolute atomic E-state index is 0.0160. The summed E-state index contributed by atoms with van der Waals surface area (Å²) in [5.74, 6) is -0.0832. The summed E-state index contributed by atoms with van der Waals surface area (Å²) in [5.41, 5.74) is 0. The molecule has 1 amide bonds. The minimum Gasteiger partial charge on any atom is -0.466 e. The number of aliphatic hydroxyl groups excluding tert-OH is 2. The van der Waals surface area contributed by atoms with E-state index in [0.717, 1.165) is 70.6 Å². The number of hydrogen-bond donors (Lipinski definition) is 3. The SMILES string of the molecule is CCCCCCCCC/C=C\CCCCCCCCCC(=O)OCCCCCCCC/C=C\CCCCCC(=O)NC(CO)C(O)CCCCCCCCCCCC. The normalized spacial score (nSPS) is 12.8. The zero-order valence-corrected chi connectivity index (χ0v) is 38.8. The van der Waals surface area contributed by atoms with Crippen LogP contribution in [0.15, 0.2) is 24.3 Å². The van der Waals surface area contributed by atoms with Gasteiger partial charge in [-0.05, 0) is 77.0 Å². The van der Waals surface area contributed by atoms with Crippen LogP contribution in [0.3, 0.4) is 0 Å². The second kappa shape index (κ2) is 48.0. The Hall–Kier alpha value is -1.66. The number of carbonyl (C=O) groups excluding carboxylic acids is 2. The molecule has 0 spiro atoms. The van der Waals surface area contributed by atoms with Crippen molar-refractivity contribution in [3.05, 3.63) is 24.3 Å². The Morgan fingerprint density at radius 3 is 1.24 bits per heavy atom. The summed E-state index contributed by atoms with van der Waals surface area (Å²) >= 11 is 0. The number of esters is 1. The van der Waals surface area contributed by atoms with Crippen LogP contribution in [0.1, 0.15) is 271 Å². The first-order chi connectivity index (χ1) is 28.5. The minimum atomic E-state index is -0.679. The van der Waals surface area contributed by atoms with Gasteiger partial charge in [0.25, 0.3) is 0 Å². The van der Waals surface area contributed by atoms with Crippen molar-refractivity contribution in [1.29, 1.82) is 0 Å². The maximum Gasteiger partial charge on any atom is 0.305 e. The Bertz CT molecular complexity index is 904. The van der Waals surface area contributed by atoms with E-state index in [9.17, 15) is 19.8 Å². The standard InChI is InChI=1S/C52H99NO5/c1-3-5-7-9-11-13-15-16-17-18-19-20-23-26-30-34-38-42-46-52(57)58-47-43-39-35-31-27-24-21-22-25-29-33-37-41-45-51(56)53-49(48-54)50(55)44-40-36-32-28-14-12-10-8-6-4-2/h17-18,22,25,49-50,54-55H,3-16,19-21,23-24,26-48H2,1-2H3,(H,53,56)/b18-17-,25-22-. The first kappa shape index (κ1) is 56.3. The number of aliphatic hydroxyl groups is 2. The van der Waals surface area contributed by atoms with Crippen LogP contribution in [0, 0.1) is 0 Å². The monoisotopic (exact) mass is 818 g/mol. The molecule has 0 aromatic carbocycles. The molecule has 0 fully saturated rings. The Balaban J connectivity index is 3.46. The topological polar surface area (TPSA) is 95.9 Å². The number of rotatable bonds is 47. The average Bonchev–Trinajstić information content (AvgIpc) is 3.22. The quantitative estimate of drug-likeness (QED) is 0.0323. The highest BCUT2D eigenvalue weighted by Gasteiger charge is 2.20. The van der Waals surface area contributed by atoms with Gasteiger partial charge < -0.3 is 20.3 Å². The van der Waals surface area contributed by atoms with Gasteiger partial charge in [0.15, 0.2) is 0 Å². The van der Waals surface area contributed by atoms with Crippen molar-refractivity contribution in [1.82, 2.24) is 5.32 Å². The maximum absolute atomic E-state index is 12.4. The second-order valence-electron chi connectivity index (χ2n) is 17.5. The third kappa shape index (κ3) is 43.9. The maximum atomic E-state index is 12.4. The van der Waals surface area contributed by atoms with Crippen LogP contribution in [-0.4, -0.2) is 47.4 Å². The van der Waals surface area contributed by atoms with E-state index in [-0.39, 0.29) is 18.5 Å². The molecule has 0 aliphatic rings. The zero-order chi connectivity index (χ0) is 42.3. The lowest BCUT2D eigenvalue weighted by atomic mass is 10.0. The van der Waals surface area contributed by atoms with Crippen LogP contribution < -0.4 is 5.32 Å². The van der Waals surface area contributed by atoms with Gasteiger partial charge >= 0.3 is 5.97 Å². The summed E-state index contributed by atoms with van der Waals surface area (Å²) in [6, 6.07) is -0.560. The van der Waals surface area contributed by atoms with Gasteiger partial charge in [0.05, 0.1) is 25.4 Å². The van der Waals surface area contributed by atoms with Crippen molar-refractivity contribution in [3.8, 4) is 0 Å². The summed E-state index contributed by atoms with van der Waals surface area (Å²) in [6.07, 6.45) is 55.8. The van der Waals surface area contributed by atoms with Crippen molar-refractivity contribution in [2.45, 2.75) is 283 Å². The predicted molar refractivity (Wildman–Crippen MR) is 250 cm³/mol. The van der Waals surface area contributed by atoms with E-state index in [1.165, 1.54) is 167 Å². The Morgan fingerprint density at radius 1 is 0.466 bits per heavy atom. The molecule has 0 bridgehead atoms. The summed E-state index contributed by atoms with van der Waals surface area (Å²) < 4.78 is 5.46. The second-order valence-corrected chi connectivity index (χ2v) is 17.5. The van der Waals surface area contributed by atoms with Crippen LogP contribution in [0.4, 0.5) is 0 Å². The van der Waals surface area contributed by atoms with Crippen molar-refractivity contribution >= 4 is 11.9 Å². The van der Waals surface area contributed by atoms with Gasteiger partial charge in [0, 0.05) is 12.8 Å². The lowest BCUT2D eigenvalue weighted by Crippen LogP contribution is -2.45. The molecule has 0 rings (SSSR count). The molecule has 6 heteroatoms. The number of amides is 1. The fourth-order valence-corrected chi connectivity index (χ4v) is 7.74. The van der Waals surface area contributed by atoms with Gasteiger partial charge in [0.1, 0.15) is 0 Å². The molecule has 2 atom stereocenters. The molecule has 0 aliphatic heterocycles. The van der Waals surface area contributed by atoms with E-state index < -0.39 is 12.1 Å². The van der Waals surface area contributed by atoms with Gasteiger partial charge in [-0.3, -0.25) is 9.59 Å². The Kier molecular flexibility index (Phi) is 46.6. The lowest BCUT2D eigenvalue weighted by Gasteiger charge is -2.22. The summed E-state index contributed by atoms with van der Waals surface area (Å²) in [6.45, 7) is 4.89. The predicted octanol–water partition coefficient (Wildman–Crippen LogP) is 15.1. The fourth-order valence-electron chi connectivity index (χ4n) is 7.74. The number of carbonyl (C=O) groups is 2. The third-order valence-corrected chi connectivity index (χ3v) is 11.7. The fraction of sp³-hybridized carbons (Fsp3) is 0.885. The summed E-state index contributed by atoms with van der Waals surface area (Å²) in [5, 5.41) is 23.1. The van der Waals surface area contributed by atoms with Crippen molar-refractivity contribution in [2.24, 2.45) is 0 Å². The molecule has 0 aromatic heterocycles. The van der Waals surface area contributed by atoms with Crippen LogP contribution in [0.5, 0.6) is 0 Å². The largest absolute Gasteiger partial charge is 0.466 e. The van der Waals surface area contributed by atoms with E-state index in [0.29, 0.717) is 25.9 Å². The van der Waals surface area contributed by atoms with Gasteiger partial charge in [0.2, 0.25) is 5.91 Å². The van der Waals surface area contributed by atoms with Crippen molar-refractivity contribution < 1.29 is 24.5 Å².